The summed E-state index contributed by atoms with van der Waals surface area (Å²) in [5, 5.41) is 16.8. The van der Waals surface area contributed by atoms with Crippen LogP contribution < -0.4 is 5.56 Å². The second-order valence-corrected chi connectivity index (χ2v) is 6.47. The predicted molar refractivity (Wildman–Crippen MR) is 94.2 cm³/mol. The van der Waals surface area contributed by atoms with Gasteiger partial charge in [0.05, 0.1) is 17.5 Å². The monoisotopic (exact) mass is 337 g/mol. The molecule has 0 aliphatic rings. The Morgan fingerprint density at radius 1 is 1.12 bits per heavy atom. The lowest BCUT2D eigenvalue weighted by molar-refractivity contribution is 0.155. The highest BCUT2D eigenvalue weighted by atomic mass is 32.1. The predicted octanol–water partition coefficient (Wildman–Crippen LogP) is 2.96. The number of hydrogen-bond donors (Lipinski definition) is 1. The maximum atomic E-state index is 12.7. The van der Waals surface area contributed by atoms with E-state index in [9.17, 15) is 9.90 Å². The van der Waals surface area contributed by atoms with E-state index >= 15 is 0 Å². The number of benzene rings is 1. The maximum absolute atomic E-state index is 12.7. The first-order valence-electron chi connectivity index (χ1n) is 7.58. The molecule has 0 aliphatic carbocycles. The van der Waals surface area contributed by atoms with Crippen LogP contribution in [0.1, 0.15) is 11.7 Å². The van der Waals surface area contributed by atoms with E-state index in [2.05, 4.69) is 5.10 Å². The van der Waals surface area contributed by atoms with Crippen molar-refractivity contribution >= 4 is 16.9 Å². The molecule has 5 nitrogen and oxygen atoms in total. The first kappa shape index (κ1) is 14.9. The minimum Gasteiger partial charge on any atom is -0.387 e. The third-order valence-electron chi connectivity index (χ3n) is 3.93. The van der Waals surface area contributed by atoms with Crippen LogP contribution in [0.2, 0.25) is 0 Å². The van der Waals surface area contributed by atoms with E-state index in [1.165, 1.54) is 4.57 Å². The van der Waals surface area contributed by atoms with E-state index in [4.69, 9.17) is 0 Å². The number of hydrogen-bond acceptors (Lipinski definition) is 4. The molecule has 120 valence electrons. The normalized spacial score (nSPS) is 12.5. The van der Waals surface area contributed by atoms with Gasteiger partial charge in [0.2, 0.25) is 0 Å². The third-order valence-corrected chi connectivity index (χ3v) is 4.82. The molecule has 1 atom stereocenters. The Morgan fingerprint density at radius 3 is 2.71 bits per heavy atom. The molecular formula is C18H15N3O2S. The summed E-state index contributed by atoms with van der Waals surface area (Å²) in [5.41, 5.74) is 1.91. The molecule has 0 radical (unpaired) electrons. The van der Waals surface area contributed by atoms with E-state index in [1.807, 2.05) is 47.8 Å². The molecule has 3 aromatic heterocycles. The maximum Gasteiger partial charge on any atom is 0.276 e. The van der Waals surface area contributed by atoms with E-state index < -0.39 is 6.10 Å². The molecule has 24 heavy (non-hydrogen) atoms. The first-order chi connectivity index (χ1) is 11.7. The number of aliphatic hydroxyl groups is 1. The molecule has 0 spiro atoms. The fourth-order valence-corrected chi connectivity index (χ4v) is 3.36. The Balaban J connectivity index is 1.70. The highest BCUT2D eigenvalue weighted by Gasteiger charge is 2.13. The smallest absolute Gasteiger partial charge is 0.276 e. The summed E-state index contributed by atoms with van der Waals surface area (Å²) in [7, 11) is 0. The van der Waals surface area contributed by atoms with Crippen LogP contribution in [0.3, 0.4) is 0 Å². The van der Waals surface area contributed by atoms with Crippen molar-refractivity contribution in [3.05, 3.63) is 82.2 Å². The molecule has 3 heterocycles. The van der Waals surface area contributed by atoms with E-state index in [1.54, 1.807) is 34.3 Å². The van der Waals surface area contributed by atoms with Gasteiger partial charge in [0.1, 0.15) is 11.2 Å². The molecule has 1 aromatic carbocycles. The Morgan fingerprint density at radius 2 is 1.96 bits per heavy atom. The van der Waals surface area contributed by atoms with Crippen LogP contribution in [0.4, 0.5) is 0 Å². The van der Waals surface area contributed by atoms with Gasteiger partial charge in [-0.1, -0.05) is 36.4 Å². The summed E-state index contributed by atoms with van der Waals surface area (Å²) in [6.45, 7) is 0.207. The average molecular weight is 337 g/mol. The average Bonchev–Trinajstić information content (AvgIpc) is 3.27. The van der Waals surface area contributed by atoms with E-state index in [0.29, 0.717) is 5.52 Å². The molecular weight excluding hydrogens is 322 g/mol. The summed E-state index contributed by atoms with van der Waals surface area (Å²) < 4.78 is 3.11. The molecule has 6 heteroatoms. The van der Waals surface area contributed by atoms with E-state index in [0.717, 1.165) is 16.1 Å². The molecule has 0 bridgehead atoms. The zero-order valence-corrected chi connectivity index (χ0v) is 13.6. The van der Waals surface area contributed by atoms with Crippen molar-refractivity contribution < 1.29 is 5.11 Å². The number of rotatable bonds is 4. The zero-order chi connectivity index (χ0) is 16.5. The Hall–Kier alpha value is -2.70. The van der Waals surface area contributed by atoms with Crippen LogP contribution in [0.5, 0.6) is 0 Å². The number of aliphatic hydroxyl groups excluding tert-OH is 1. The van der Waals surface area contributed by atoms with Gasteiger partial charge in [-0.05, 0) is 23.1 Å². The Kier molecular flexibility index (Phi) is 3.76. The SMILES string of the molecule is O=c1c2cc(-c3cccs3)nn2ccn1CC(O)c1ccccc1. The largest absolute Gasteiger partial charge is 0.387 e. The van der Waals surface area contributed by atoms with Gasteiger partial charge in [0, 0.05) is 12.4 Å². The van der Waals surface area contributed by atoms with Gasteiger partial charge >= 0.3 is 0 Å². The Labute approximate surface area is 142 Å². The lowest BCUT2D eigenvalue weighted by atomic mass is 10.1. The van der Waals surface area contributed by atoms with Gasteiger partial charge in [-0.15, -0.1) is 11.3 Å². The summed E-state index contributed by atoms with van der Waals surface area (Å²) in [6, 6.07) is 15.1. The number of aromatic nitrogens is 3. The zero-order valence-electron chi connectivity index (χ0n) is 12.7. The molecule has 0 saturated carbocycles. The fraction of sp³-hybridized carbons (Fsp3) is 0.111. The molecule has 0 fully saturated rings. The molecule has 0 amide bonds. The van der Waals surface area contributed by atoms with Gasteiger partial charge < -0.3 is 9.67 Å². The Bertz CT molecular complexity index is 1020. The summed E-state index contributed by atoms with van der Waals surface area (Å²) >= 11 is 1.58. The fourth-order valence-electron chi connectivity index (χ4n) is 2.68. The first-order valence-corrected chi connectivity index (χ1v) is 8.46. The number of thiophene rings is 1. The lowest BCUT2D eigenvalue weighted by Gasteiger charge is -2.13. The van der Waals surface area contributed by atoms with Gasteiger partial charge in [0.25, 0.3) is 5.56 Å². The highest BCUT2D eigenvalue weighted by Crippen LogP contribution is 2.23. The van der Waals surface area contributed by atoms with Gasteiger partial charge in [-0.3, -0.25) is 4.79 Å². The molecule has 0 saturated heterocycles. The van der Waals surface area contributed by atoms with E-state index in [-0.39, 0.29) is 12.1 Å². The molecule has 1 unspecified atom stereocenters. The molecule has 1 N–H and O–H groups in total. The standard InChI is InChI=1S/C18H15N3O2S/c22-16(13-5-2-1-3-6-13)12-20-8-9-21-15(18(20)23)11-14(19-21)17-7-4-10-24-17/h1-11,16,22H,12H2. The van der Waals surface area contributed by atoms with Gasteiger partial charge in [-0.25, -0.2) is 4.52 Å². The van der Waals surface area contributed by atoms with Crippen molar-refractivity contribution in [2.45, 2.75) is 12.6 Å². The second kappa shape index (κ2) is 6.07. The summed E-state index contributed by atoms with van der Waals surface area (Å²) in [4.78, 5) is 13.7. The topological polar surface area (TPSA) is 59.5 Å². The van der Waals surface area contributed by atoms with Gasteiger partial charge in [0.15, 0.2) is 0 Å². The number of nitrogens with zero attached hydrogens (tertiary/aromatic N) is 3. The van der Waals surface area contributed by atoms with Crippen LogP contribution in [0.15, 0.2) is 71.1 Å². The van der Waals surface area contributed by atoms with Crippen molar-refractivity contribution in [3.63, 3.8) is 0 Å². The molecule has 4 aromatic rings. The molecule has 4 rings (SSSR count). The minimum absolute atomic E-state index is 0.164. The second-order valence-electron chi connectivity index (χ2n) is 5.52. The van der Waals surface area contributed by atoms with Crippen LogP contribution in [0, 0.1) is 0 Å². The van der Waals surface area contributed by atoms with Crippen molar-refractivity contribution in [2.75, 3.05) is 0 Å². The lowest BCUT2D eigenvalue weighted by Crippen LogP contribution is -2.24. The van der Waals surface area contributed by atoms with Gasteiger partial charge in [-0.2, -0.15) is 5.10 Å². The number of fused-ring (bicyclic) bond motifs is 1. The third kappa shape index (κ3) is 2.66. The minimum atomic E-state index is -0.731. The van der Waals surface area contributed by atoms with Crippen molar-refractivity contribution in [1.29, 1.82) is 0 Å². The van der Waals surface area contributed by atoms with Crippen molar-refractivity contribution in [2.24, 2.45) is 0 Å². The van der Waals surface area contributed by atoms with Crippen molar-refractivity contribution in [3.8, 4) is 10.6 Å². The van der Waals surface area contributed by atoms with Crippen LogP contribution >= 0.6 is 11.3 Å². The molecule has 0 aliphatic heterocycles. The van der Waals surface area contributed by atoms with Crippen molar-refractivity contribution in [1.82, 2.24) is 14.2 Å². The summed E-state index contributed by atoms with van der Waals surface area (Å²) in [6.07, 6.45) is 2.67. The van der Waals surface area contributed by atoms with Crippen LogP contribution in [-0.4, -0.2) is 19.3 Å². The van der Waals surface area contributed by atoms with Crippen LogP contribution in [-0.2, 0) is 6.54 Å². The quantitative estimate of drug-likeness (QED) is 0.623. The van der Waals surface area contributed by atoms with Crippen LogP contribution in [0.25, 0.3) is 16.1 Å². The highest BCUT2D eigenvalue weighted by molar-refractivity contribution is 7.13. The summed E-state index contributed by atoms with van der Waals surface area (Å²) in [5.74, 6) is 0.